The summed E-state index contributed by atoms with van der Waals surface area (Å²) < 4.78 is 45.7. The molecule has 2 atom stereocenters. The van der Waals surface area contributed by atoms with Crippen LogP contribution in [0, 0.1) is 0 Å². The molecule has 1 fully saturated rings. The van der Waals surface area contributed by atoms with Gasteiger partial charge in [-0.25, -0.2) is 4.98 Å². The maximum absolute atomic E-state index is 13.6. The minimum Gasteiger partial charge on any atom is -0.494 e. The van der Waals surface area contributed by atoms with Crippen LogP contribution in [-0.2, 0) is 13.2 Å². The Kier molecular flexibility index (Phi) is 6.94. The van der Waals surface area contributed by atoms with Gasteiger partial charge in [-0.2, -0.15) is 18.3 Å². The maximum Gasteiger partial charge on any atom is 0.435 e. The second-order valence-corrected chi connectivity index (χ2v) is 9.28. The van der Waals surface area contributed by atoms with E-state index in [1.165, 1.54) is 20.4 Å². The number of nitrogens with one attached hydrogen (secondary N) is 1. The topological polar surface area (TPSA) is 102 Å². The number of amides is 2. The number of aromatic nitrogens is 4. The van der Waals surface area contributed by atoms with Gasteiger partial charge in [0, 0.05) is 56.1 Å². The Morgan fingerprint density at radius 1 is 1.08 bits per heavy atom. The Morgan fingerprint density at radius 3 is 2.51 bits per heavy atom. The summed E-state index contributed by atoms with van der Waals surface area (Å²) in [5.74, 6) is -0.762. The van der Waals surface area contributed by atoms with E-state index in [2.05, 4.69) is 20.4 Å². The standard InChI is InChI=1S/C27H25F3N6O3/c1-35-21(14-23(34-35)27(28,29)30)25(37)33-19-8-11-36(15-18(19)16-6-4-3-5-7-16)26(38)17-12-20-24(22(13-17)39-2)32-10-9-31-20/h3-7,9-10,12-14,18-19H,8,11,15H2,1-2H3,(H,33,37)/t18-,19-/m1/s1. The number of nitrogens with zero attached hydrogens (tertiary/aromatic N) is 5. The van der Waals surface area contributed by atoms with E-state index in [-0.39, 0.29) is 24.1 Å². The van der Waals surface area contributed by atoms with Gasteiger partial charge in [-0.05, 0) is 24.1 Å². The van der Waals surface area contributed by atoms with Gasteiger partial charge in [0.15, 0.2) is 5.69 Å². The summed E-state index contributed by atoms with van der Waals surface area (Å²) in [5, 5.41) is 6.32. The maximum atomic E-state index is 13.6. The van der Waals surface area contributed by atoms with Crippen molar-refractivity contribution in [2.24, 2.45) is 7.05 Å². The molecule has 0 aliphatic carbocycles. The summed E-state index contributed by atoms with van der Waals surface area (Å²) >= 11 is 0. The quantitative estimate of drug-likeness (QED) is 0.415. The predicted octanol–water partition coefficient (Wildman–Crippen LogP) is 3.82. The van der Waals surface area contributed by atoms with Crippen LogP contribution in [0.4, 0.5) is 13.2 Å². The van der Waals surface area contributed by atoms with Gasteiger partial charge in [-0.3, -0.25) is 19.3 Å². The van der Waals surface area contributed by atoms with Crippen molar-refractivity contribution in [3.63, 3.8) is 0 Å². The van der Waals surface area contributed by atoms with E-state index < -0.39 is 23.8 Å². The number of hydrogen-bond donors (Lipinski definition) is 1. The van der Waals surface area contributed by atoms with Crippen molar-refractivity contribution in [2.75, 3.05) is 20.2 Å². The van der Waals surface area contributed by atoms with Crippen LogP contribution in [0.1, 0.15) is 44.4 Å². The predicted molar refractivity (Wildman–Crippen MR) is 135 cm³/mol. The summed E-state index contributed by atoms with van der Waals surface area (Å²) in [6, 6.07) is 13.0. The summed E-state index contributed by atoms with van der Waals surface area (Å²) in [7, 11) is 2.79. The number of methoxy groups -OCH3 is 1. The van der Waals surface area contributed by atoms with Crippen LogP contribution >= 0.6 is 0 Å². The number of alkyl halides is 3. The summed E-state index contributed by atoms with van der Waals surface area (Å²) in [4.78, 5) is 36.9. The Morgan fingerprint density at radius 2 is 1.82 bits per heavy atom. The lowest BCUT2D eigenvalue weighted by Gasteiger charge is -2.39. The fourth-order valence-electron chi connectivity index (χ4n) is 4.91. The van der Waals surface area contributed by atoms with Gasteiger partial charge in [0.1, 0.15) is 17.0 Å². The molecule has 2 aromatic heterocycles. The molecule has 1 N–H and O–H groups in total. The first kappa shape index (κ1) is 26.1. The molecule has 1 aliphatic heterocycles. The number of hydrogen-bond acceptors (Lipinski definition) is 6. The minimum absolute atomic E-state index is 0.197. The molecule has 0 bridgehead atoms. The molecule has 4 aromatic rings. The van der Waals surface area contributed by atoms with Crippen molar-refractivity contribution in [3.8, 4) is 5.75 Å². The van der Waals surface area contributed by atoms with E-state index in [1.807, 2.05) is 30.3 Å². The molecule has 1 aliphatic rings. The number of carbonyl (C=O) groups excluding carboxylic acids is 2. The first-order valence-electron chi connectivity index (χ1n) is 12.2. The molecule has 2 amide bonds. The summed E-state index contributed by atoms with van der Waals surface area (Å²) in [6.07, 6.45) is -1.18. The van der Waals surface area contributed by atoms with Gasteiger partial charge in [0.2, 0.25) is 0 Å². The van der Waals surface area contributed by atoms with Gasteiger partial charge in [-0.15, -0.1) is 0 Å². The third-order valence-corrected chi connectivity index (χ3v) is 6.85. The number of aryl methyl sites for hydroxylation is 1. The van der Waals surface area contributed by atoms with Crippen molar-refractivity contribution in [2.45, 2.75) is 24.6 Å². The van der Waals surface area contributed by atoms with Crippen LogP contribution in [0.25, 0.3) is 11.0 Å². The van der Waals surface area contributed by atoms with Crippen LogP contribution in [0.2, 0.25) is 0 Å². The van der Waals surface area contributed by atoms with Crippen molar-refractivity contribution in [3.05, 3.63) is 83.4 Å². The van der Waals surface area contributed by atoms with E-state index in [4.69, 9.17) is 4.74 Å². The number of carbonyl (C=O) groups is 2. The number of halogens is 3. The van der Waals surface area contributed by atoms with Gasteiger partial charge >= 0.3 is 6.18 Å². The fourth-order valence-corrected chi connectivity index (χ4v) is 4.91. The summed E-state index contributed by atoms with van der Waals surface area (Å²) in [6.45, 7) is 0.612. The molecule has 0 spiro atoms. The molecule has 39 heavy (non-hydrogen) atoms. The largest absolute Gasteiger partial charge is 0.494 e. The van der Waals surface area contributed by atoms with Crippen LogP contribution in [0.15, 0.2) is 60.9 Å². The molecule has 3 heterocycles. The number of rotatable bonds is 5. The lowest BCUT2D eigenvalue weighted by atomic mass is 9.85. The van der Waals surface area contributed by atoms with E-state index in [1.54, 1.807) is 23.2 Å². The van der Waals surface area contributed by atoms with E-state index >= 15 is 0 Å². The highest BCUT2D eigenvalue weighted by Crippen LogP contribution is 2.31. The fraction of sp³-hybridized carbons (Fsp3) is 0.296. The monoisotopic (exact) mass is 538 g/mol. The zero-order chi connectivity index (χ0) is 27.7. The third-order valence-electron chi connectivity index (χ3n) is 6.85. The number of piperidine rings is 1. The molecule has 2 aromatic carbocycles. The zero-order valence-electron chi connectivity index (χ0n) is 21.1. The number of fused-ring (bicyclic) bond motifs is 1. The minimum atomic E-state index is -4.66. The van der Waals surface area contributed by atoms with Gasteiger partial charge in [-0.1, -0.05) is 30.3 Å². The van der Waals surface area contributed by atoms with Gasteiger partial charge in [0.25, 0.3) is 11.8 Å². The Bertz CT molecular complexity index is 1520. The summed E-state index contributed by atoms with van der Waals surface area (Å²) in [5.41, 5.74) is 1.02. The molecular weight excluding hydrogens is 513 g/mol. The van der Waals surface area contributed by atoms with Crippen molar-refractivity contribution >= 4 is 22.8 Å². The van der Waals surface area contributed by atoms with Crippen LogP contribution in [0.5, 0.6) is 5.75 Å². The molecule has 0 unspecified atom stereocenters. The van der Waals surface area contributed by atoms with E-state index in [0.717, 1.165) is 16.3 Å². The van der Waals surface area contributed by atoms with Crippen LogP contribution < -0.4 is 10.1 Å². The first-order valence-corrected chi connectivity index (χ1v) is 12.2. The van der Waals surface area contributed by atoms with Gasteiger partial charge in [0.05, 0.1) is 12.6 Å². The Labute approximate surface area is 221 Å². The Hall–Kier alpha value is -4.48. The number of likely N-dealkylation sites (tertiary alicyclic amines) is 1. The van der Waals surface area contributed by atoms with Crippen molar-refractivity contribution in [1.82, 2.24) is 30.0 Å². The number of ether oxygens (including phenoxy) is 1. The number of benzene rings is 2. The van der Waals surface area contributed by atoms with E-state index in [0.29, 0.717) is 35.3 Å². The average Bonchev–Trinajstić information content (AvgIpc) is 3.35. The van der Waals surface area contributed by atoms with Crippen LogP contribution in [-0.4, -0.2) is 62.7 Å². The van der Waals surface area contributed by atoms with Crippen molar-refractivity contribution < 1.29 is 27.5 Å². The molecule has 1 saturated heterocycles. The van der Waals surface area contributed by atoms with E-state index in [9.17, 15) is 22.8 Å². The molecule has 12 heteroatoms. The smallest absolute Gasteiger partial charge is 0.435 e. The highest BCUT2D eigenvalue weighted by Gasteiger charge is 2.37. The molecule has 5 rings (SSSR count). The lowest BCUT2D eigenvalue weighted by Crippen LogP contribution is -2.51. The third kappa shape index (κ3) is 5.27. The highest BCUT2D eigenvalue weighted by atomic mass is 19.4. The SMILES string of the molecule is COc1cc(C(=O)N2CC[C@@H](NC(=O)c3cc(C(F)(F)F)nn3C)[C@@H](c3ccccc3)C2)cc2nccnc12. The molecular formula is C27H25F3N6O3. The molecule has 0 saturated carbocycles. The van der Waals surface area contributed by atoms with Crippen LogP contribution in [0.3, 0.4) is 0 Å². The lowest BCUT2D eigenvalue weighted by molar-refractivity contribution is -0.141. The van der Waals surface area contributed by atoms with Gasteiger partial charge < -0.3 is 15.0 Å². The first-order chi connectivity index (χ1) is 18.7. The second-order valence-electron chi connectivity index (χ2n) is 9.28. The average molecular weight is 539 g/mol. The normalized spacial score (nSPS) is 17.7. The second kappa shape index (κ2) is 10.4. The Balaban J connectivity index is 1.40. The molecule has 202 valence electrons. The molecule has 9 nitrogen and oxygen atoms in total. The molecule has 0 radical (unpaired) electrons. The van der Waals surface area contributed by atoms with Crippen molar-refractivity contribution in [1.29, 1.82) is 0 Å². The highest BCUT2D eigenvalue weighted by molar-refractivity contribution is 5.99. The zero-order valence-corrected chi connectivity index (χ0v) is 21.1.